The highest BCUT2D eigenvalue weighted by Crippen LogP contribution is 2.26. The lowest BCUT2D eigenvalue weighted by Crippen LogP contribution is -2.57. The zero-order chi connectivity index (χ0) is 10.8. The Kier molecular flexibility index (Phi) is 3.55. The fourth-order valence-electron chi connectivity index (χ4n) is 1.63. The largest absolute Gasteiger partial charge is 0.405 e. The van der Waals surface area contributed by atoms with E-state index in [0.717, 1.165) is 0 Å². The van der Waals surface area contributed by atoms with E-state index in [1.165, 1.54) is 11.9 Å². The van der Waals surface area contributed by atoms with Crippen molar-refractivity contribution < 1.29 is 13.2 Å². The molecule has 1 heterocycles. The normalized spacial score (nSPS) is 26.4. The van der Waals surface area contributed by atoms with Gasteiger partial charge in [0.25, 0.3) is 0 Å². The summed E-state index contributed by atoms with van der Waals surface area (Å²) in [6.45, 7) is 5.23. The minimum absolute atomic E-state index is 0.0476. The molecule has 0 aliphatic carbocycles. The summed E-state index contributed by atoms with van der Waals surface area (Å²) >= 11 is 0. The molecule has 0 aromatic heterocycles. The van der Waals surface area contributed by atoms with Crippen LogP contribution in [0.25, 0.3) is 0 Å². The molecule has 0 spiro atoms. The van der Waals surface area contributed by atoms with Crippen LogP contribution in [-0.2, 0) is 0 Å². The summed E-state index contributed by atoms with van der Waals surface area (Å²) in [7, 11) is 1.52. The fourth-order valence-corrected chi connectivity index (χ4v) is 1.63. The molecule has 1 aliphatic rings. The molecule has 2 nitrogen and oxygen atoms in total. The van der Waals surface area contributed by atoms with Gasteiger partial charge in [0.2, 0.25) is 0 Å². The molecule has 1 saturated heterocycles. The van der Waals surface area contributed by atoms with E-state index in [2.05, 4.69) is 6.58 Å². The van der Waals surface area contributed by atoms with Crippen molar-refractivity contribution in [2.45, 2.75) is 12.2 Å². The Morgan fingerprint density at radius 2 is 2.07 bits per heavy atom. The molecule has 1 unspecified atom stereocenters. The third-order valence-corrected chi connectivity index (χ3v) is 2.50. The Morgan fingerprint density at radius 1 is 1.43 bits per heavy atom. The average molecular weight is 208 g/mol. The van der Waals surface area contributed by atoms with Crippen LogP contribution >= 0.6 is 0 Å². The van der Waals surface area contributed by atoms with Crippen LogP contribution in [0.1, 0.15) is 0 Å². The summed E-state index contributed by atoms with van der Waals surface area (Å²) in [6, 6.07) is -1.34. The summed E-state index contributed by atoms with van der Waals surface area (Å²) in [5, 5.41) is 0. The molecular formula is C9H15F3N2. The van der Waals surface area contributed by atoms with Gasteiger partial charge in [0.05, 0.1) is 0 Å². The zero-order valence-electron chi connectivity index (χ0n) is 8.22. The predicted octanol–water partition coefficient (Wildman–Crippen LogP) is 1.35. The first-order valence-corrected chi connectivity index (χ1v) is 4.55. The molecule has 0 aromatic carbocycles. The van der Waals surface area contributed by atoms with Crippen molar-refractivity contribution in [2.24, 2.45) is 0 Å². The third kappa shape index (κ3) is 2.72. The highest BCUT2D eigenvalue weighted by Gasteiger charge is 2.44. The van der Waals surface area contributed by atoms with E-state index >= 15 is 0 Å². The van der Waals surface area contributed by atoms with Gasteiger partial charge >= 0.3 is 6.18 Å². The molecule has 14 heavy (non-hydrogen) atoms. The van der Waals surface area contributed by atoms with Crippen molar-refractivity contribution in [1.82, 2.24) is 9.80 Å². The Balaban J connectivity index is 2.59. The van der Waals surface area contributed by atoms with Crippen LogP contribution in [0, 0.1) is 0 Å². The molecule has 1 rings (SSSR count). The number of rotatable bonds is 2. The third-order valence-electron chi connectivity index (χ3n) is 2.50. The lowest BCUT2D eigenvalue weighted by Gasteiger charge is -2.39. The van der Waals surface area contributed by atoms with Gasteiger partial charge in [0.15, 0.2) is 0 Å². The van der Waals surface area contributed by atoms with Gasteiger partial charge in [-0.1, -0.05) is 6.08 Å². The van der Waals surface area contributed by atoms with E-state index < -0.39 is 12.2 Å². The van der Waals surface area contributed by atoms with Gasteiger partial charge in [0.1, 0.15) is 6.04 Å². The second-order valence-electron chi connectivity index (χ2n) is 3.59. The minimum atomic E-state index is -4.13. The van der Waals surface area contributed by atoms with E-state index in [9.17, 15) is 13.2 Å². The van der Waals surface area contributed by atoms with Gasteiger partial charge < -0.3 is 0 Å². The molecule has 5 heteroatoms. The average Bonchev–Trinajstić information content (AvgIpc) is 2.07. The number of hydrogen-bond acceptors (Lipinski definition) is 2. The van der Waals surface area contributed by atoms with E-state index in [-0.39, 0.29) is 6.54 Å². The molecule has 0 saturated carbocycles. The number of hydrogen-bond donors (Lipinski definition) is 0. The maximum atomic E-state index is 12.5. The maximum Gasteiger partial charge on any atom is 0.405 e. The van der Waals surface area contributed by atoms with E-state index in [1.54, 1.807) is 11.0 Å². The molecular weight excluding hydrogens is 193 g/mol. The molecule has 0 bridgehead atoms. The summed E-state index contributed by atoms with van der Waals surface area (Å²) < 4.78 is 37.5. The van der Waals surface area contributed by atoms with Gasteiger partial charge in [-0.15, -0.1) is 6.58 Å². The second-order valence-corrected chi connectivity index (χ2v) is 3.59. The van der Waals surface area contributed by atoms with Crippen LogP contribution in [0.5, 0.6) is 0 Å². The molecule has 1 fully saturated rings. The number of likely N-dealkylation sites (N-methyl/N-ethyl adjacent to an activating group) is 1. The summed E-state index contributed by atoms with van der Waals surface area (Å²) in [5.74, 6) is 0. The van der Waals surface area contributed by atoms with Crippen molar-refractivity contribution in [3.05, 3.63) is 12.7 Å². The zero-order valence-corrected chi connectivity index (χ0v) is 8.22. The second kappa shape index (κ2) is 4.31. The van der Waals surface area contributed by atoms with Crippen molar-refractivity contribution in [3.8, 4) is 0 Å². The monoisotopic (exact) mass is 208 g/mol. The number of halogens is 3. The molecule has 0 amide bonds. The highest BCUT2D eigenvalue weighted by atomic mass is 19.4. The Hall–Kier alpha value is -0.550. The van der Waals surface area contributed by atoms with Crippen LogP contribution in [0.4, 0.5) is 13.2 Å². The molecule has 0 N–H and O–H groups in total. The number of piperazine rings is 1. The lowest BCUT2D eigenvalue weighted by atomic mass is 10.1. The quantitative estimate of drug-likeness (QED) is 0.632. The van der Waals surface area contributed by atoms with Crippen molar-refractivity contribution in [3.63, 3.8) is 0 Å². The lowest BCUT2D eigenvalue weighted by molar-refractivity contribution is -0.192. The van der Waals surface area contributed by atoms with Gasteiger partial charge in [-0.2, -0.15) is 13.2 Å². The summed E-state index contributed by atoms with van der Waals surface area (Å²) in [4.78, 5) is 3.13. The molecule has 82 valence electrons. The minimum Gasteiger partial charge on any atom is -0.297 e. The van der Waals surface area contributed by atoms with Crippen LogP contribution in [0.2, 0.25) is 0 Å². The number of nitrogens with zero attached hydrogens (tertiary/aromatic N) is 2. The van der Waals surface area contributed by atoms with Crippen LogP contribution < -0.4 is 0 Å². The first kappa shape index (κ1) is 11.5. The van der Waals surface area contributed by atoms with Crippen molar-refractivity contribution in [1.29, 1.82) is 0 Å². The first-order valence-electron chi connectivity index (χ1n) is 4.55. The summed E-state index contributed by atoms with van der Waals surface area (Å²) in [5.41, 5.74) is 0. The van der Waals surface area contributed by atoms with E-state index in [4.69, 9.17) is 0 Å². The Labute approximate surface area is 82.0 Å². The van der Waals surface area contributed by atoms with E-state index in [0.29, 0.717) is 19.6 Å². The highest BCUT2D eigenvalue weighted by molar-refractivity contribution is 4.87. The summed E-state index contributed by atoms with van der Waals surface area (Å²) in [6.07, 6.45) is -2.49. The first-order chi connectivity index (χ1) is 6.45. The SMILES string of the molecule is C=CCN1CCN(C)C(C(F)(F)F)C1. The Bertz CT molecular complexity index is 203. The van der Waals surface area contributed by atoms with Crippen LogP contribution in [0.3, 0.4) is 0 Å². The van der Waals surface area contributed by atoms with Gasteiger partial charge in [-0.25, -0.2) is 0 Å². The van der Waals surface area contributed by atoms with Crippen molar-refractivity contribution in [2.75, 3.05) is 33.2 Å². The van der Waals surface area contributed by atoms with Crippen LogP contribution in [-0.4, -0.2) is 55.2 Å². The smallest absolute Gasteiger partial charge is 0.297 e. The van der Waals surface area contributed by atoms with Gasteiger partial charge in [0, 0.05) is 26.2 Å². The molecule has 0 radical (unpaired) electrons. The molecule has 1 atom stereocenters. The Morgan fingerprint density at radius 3 is 2.57 bits per heavy atom. The number of alkyl halides is 3. The predicted molar refractivity (Wildman–Crippen MR) is 49.1 cm³/mol. The molecule has 0 aromatic rings. The fraction of sp³-hybridized carbons (Fsp3) is 0.778. The van der Waals surface area contributed by atoms with Gasteiger partial charge in [-0.05, 0) is 7.05 Å². The molecule has 1 aliphatic heterocycles. The maximum absolute atomic E-state index is 12.5. The van der Waals surface area contributed by atoms with Crippen LogP contribution in [0.15, 0.2) is 12.7 Å². The van der Waals surface area contributed by atoms with Gasteiger partial charge in [-0.3, -0.25) is 9.80 Å². The topological polar surface area (TPSA) is 6.48 Å². The van der Waals surface area contributed by atoms with E-state index in [1.807, 2.05) is 0 Å². The standard InChI is InChI=1S/C9H15F3N2/c1-3-4-14-6-5-13(2)8(7-14)9(10,11)12/h3,8H,1,4-7H2,2H3. The van der Waals surface area contributed by atoms with Crippen molar-refractivity contribution >= 4 is 0 Å².